The number of hydrogen-bond acceptors (Lipinski definition) is 4. The molecule has 1 aliphatic heterocycles. The van der Waals surface area contributed by atoms with Gasteiger partial charge in [-0.05, 0) is 19.8 Å². The molecule has 2 heterocycles. The standard InChI is InChI=1S/C15H23F3N4OS/c1-3-23-11-5-8-22(9-6-11)14(19-2)20-7-4-13-21-12(10-24-13)15(16,17)18/h10-11H,3-9H2,1-2H3,(H,19,20). The molecule has 0 unspecified atom stereocenters. The summed E-state index contributed by atoms with van der Waals surface area (Å²) < 4.78 is 43.2. The molecule has 2 rings (SSSR count). The first-order valence-corrected chi connectivity index (χ1v) is 8.90. The summed E-state index contributed by atoms with van der Waals surface area (Å²) in [6.45, 7) is 4.95. The number of ether oxygens (including phenoxy) is 1. The molecule has 0 spiro atoms. The van der Waals surface area contributed by atoms with Crippen molar-refractivity contribution in [2.75, 3.05) is 33.3 Å². The lowest BCUT2D eigenvalue weighted by molar-refractivity contribution is -0.140. The molecule has 9 heteroatoms. The molecule has 0 bridgehead atoms. The van der Waals surface area contributed by atoms with E-state index in [1.807, 2.05) is 6.92 Å². The summed E-state index contributed by atoms with van der Waals surface area (Å²) in [5.74, 6) is 0.776. The molecule has 0 saturated carbocycles. The van der Waals surface area contributed by atoms with Crippen molar-refractivity contribution >= 4 is 17.3 Å². The normalized spacial score (nSPS) is 17.4. The molecule has 1 fully saturated rings. The molecule has 24 heavy (non-hydrogen) atoms. The minimum absolute atomic E-state index is 0.306. The van der Waals surface area contributed by atoms with Crippen LogP contribution >= 0.6 is 11.3 Å². The van der Waals surface area contributed by atoms with Crippen LogP contribution in [0.2, 0.25) is 0 Å². The van der Waals surface area contributed by atoms with Crippen molar-refractivity contribution in [2.45, 2.75) is 38.5 Å². The number of thiazole rings is 1. The van der Waals surface area contributed by atoms with E-state index in [0.29, 0.717) is 24.1 Å². The largest absolute Gasteiger partial charge is 0.434 e. The average molecular weight is 364 g/mol. The lowest BCUT2D eigenvalue weighted by atomic mass is 10.1. The number of likely N-dealkylation sites (tertiary alicyclic amines) is 1. The maximum Gasteiger partial charge on any atom is 0.434 e. The van der Waals surface area contributed by atoms with Gasteiger partial charge in [0.15, 0.2) is 11.7 Å². The van der Waals surface area contributed by atoms with Gasteiger partial charge < -0.3 is 15.0 Å². The lowest BCUT2D eigenvalue weighted by Crippen LogP contribution is -2.47. The van der Waals surface area contributed by atoms with Crippen molar-refractivity contribution in [1.29, 1.82) is 0 Å². The first-order valence-electron chi connectivity index (χ1n) is 8.02. The van der Waals surface area contributed by atoms with Crippen LogP contribution < -0.4 is 5.32 Å². The minimum Gasteiger partial charge on any atom is -0.378 e. The molecule has 0 aliphatic carbocycles. The second kappa shape index (κ2) is 8.66. The highest BCUT2D eigenvalue weighted by Crippen LogP contribution is 2.30. The van der Waals surface area contributed by atoms with Crippen molar-refractivity contribution in [2.24, 2.45) is 4.99 Å². The van der Waals surface area contributed by atoms with E-state index in [1.54, 1.807) is 7.05 Å². The molecule has 1 aliphatic rings. The van der Waals surface area contributed by atoms with Gasteiger partial charge in [-0.25, -0.2) is 4.98 Å². The molecular formula is C15H23F3N4OS. The predicted octanol–water partition coefficient (Wildman–Crippen LogP) is 2.78. The molecule has 0 aromatic carbocycles. The monoisotopic (exact) mass is 364 g/mol. The third-order valence-electron chi connectivity index (χ3n) is 3.82. The highest BCUT2D eigenvalue weighted by molar-refractivity contribution is 7.09. The zero-order chi connectivity index (χ0) is 17.6. The molecule has 0 radical (unpaired) electrons. The van der Waals surface area contributed by atoms with E-state index in [0.717, 1.165) is 55.2 Å². The van der Waals surface area contributed by atoms with E-state index >= 15 is 0 Å². The Hall–Kier alpha value is -1.35. The molecule has 1 aromatic heterocycles. The molecule has 1 saturated heterocycles. The number of rotatable bonds is 5. The van der Waals surface area contributed by atoms with Crippen LogP contribution in [0.4, 0.5) is 13.2 Å². The predicted molar refractivity (Wildman–Crippen MR) is 88.4 cm³/mol. The Balaban J connectivity index is 1.77. The number of aromatic nitrogens is 1. The van der Waals surface area contributed by atoms with Gasteiger partial charge in [0, 0.05) is 45.1 Å². The molecule has 1 aromatic rings. The van der Waals surface area contributed by atoms with Gasteiger partial charge in [-0.3, -0.25) is 4.99 Å². The molecule has 0 atom stereocenters. The maximum atomic E-state index is 12.5. The number of nitrogens with one attached hydrogen (secondary N) is 1. The third-order valence-corrected chi connectivity index (χ3v) is 4.73. The molecular weight excluding hydrogens is 341 g/mol. The number of alkyl halides is 3. The van der Waals surface area contributed by atoms with Crippen LogP contribution in [-0.2, 0) is 17.3 Å². The SMILES string of the molecule is CCOC1CCN(C(=NC)NCCc2nc(C(F)(F)F)cs2)CC1. The van der Waals surface area contributed by atoms with E-state index < -0.39 is 11.9 Å². The second-order valence-corrected chi connectivity index (χ2v) is 6.43. The van der Waals surface area contributed by atoms with Crippen molar-refractivity contribution in [1.82, 2.24) is 15.2 Å². The van der Waals surface area contributed by atoms with Crippen LogP contribution in [0.3, 0.4) is 0 Å². The zero-order valence-electron chi connectivity index (χ0n) is 13.9. The van der Waals surface area contributed by atoms with Gasteiger partial charge in [0.2, 0.25) is 0 Å². The fraction of sp³-hybridized carbons (Fsp3) is 0.733. The van der Waals surface area contributed by atoms with Gasteiger partial charge in [-0.15, -0.1) is 11.3 Å². The van der Waals surface area contributed by atoms with Gasteiger partial charge in [-0.1, -0.05) is 0 Å². The number of nitrogens with zero attached hydrogens (tertiary/aromatic N) is 3. The Labute approximate surface area is 143 Å². The molecule has 0 amide bonds. The lowest BCUT2D eigenvalue weighted by Gasteiger charge is -2.34. The number of hydrogen-bond donors (Lipinski definition) is 1. The first kappa shape index (κ1) is 19.0. The highest BCUT2D eigenvalue weighted by atomic mass is 32.1. The third kappa shape index (κ3) is 5.34. The van der Waals surface area contributed by atoms with Crippen molar-refractivity contribution < 1.29 is 17.9 Å². The van der Waals surface area contributed by atoms with Gasteiger partial charge in [0.25, 0.3) is 0 Å². The van der Waals surface area contributed by atoms with E-state index in [-0.39, 0.29) is 0 Å². The summed E-state index contributed by atoms with van der Waals surface area (Å²) in [6.07, 6.45) is -1.72. The summed E-state index contributed by atoms with van der Waals surface area (Å²) >= 11 is 1.04. The van der Waals surface area contributed by atoms with Crippen molar-refractivity contribution in [3.63, 3.8) is 0 Å². The molecule has 5 nitrogen and oxygen atoms in total. The summed E-state index contributed by atoms with van der Waals surface area (Å²) in [7, 11) is 1.71. The zero-order valence-corrected chi connectivity index (χ0v) is 14.7. The first-order chi connectivity index (χ1) is 11.4. The summed E-state index contributed by atoms with van der Waals surface area (Å²) in [6, 6.07) is 0. The van der Waals surface area contributed by atoms with Gasteiger partial charge in [0.1, 0.15) is 0 Å². The smallest absolute Gasteiger partial charge is 0.378 e. The van der Waals surface area contributed by atoms with Crippen LogP contribution in [0, 0.1) is 0 Å². The van der Waals surface area contributed by atoms with Crippen LogP contribution in [0.15, 0.2) is 10.4 Å². The Morgan fingerprint density at radius 3 is 2.71 bits per heavy atom. The summed E-state index contributed by atoms with van der Waals surface area (Å²) in [5, 5.41) is 4.73. The highest BCUT2D eigenvalue weighted by Gasteiger charge is 2.33. The average Bonchev–Trinajstić information content (AvgIpc) is 3.02. The second-order valence-electron chi connectivity index (χ2n) is 5.49. The quantitative estimate of drug-likeness (QED) is 0.645. The maximum absolute atomic E-state index is 12.5. The Morgan fingerprint density at radius 1 is 1.46 bits per heavy atom. The van der Waals surface area contributed by atoms with E-state index in [9.17, 15) is 13.2 Å². The van der Waals surface area contributed by atoms with Crippen molar-refractivity contribution in [3.05, 3.63) is 16.1 Å². The minimum atomic E-state index is -4.37. The van der Waals surface area contributed by atoms with E-state index in [1.165, 1.54) is 0 Å². The van der Waals surface area contributed by atoms with E-state index in [4.69, 9.17) is 4.74 Å². The van der Waals surface area contributed by atoms with Gasteiger partial charge in [-0.2, -0.15) is 13.2 Å². The Bertz CT molecular complexity index is 539. The number of piperidine rings is 1. The molecule has 1 N–H and O–H groups in total. The van der Waals surface area contributed by atoms with Gasteiger partial charge >= 0.3 is 6.18 Å². The van der Waals surface area contributed by atoms with Crippen LogP contribution in [0.5, 0.6) is 0 Å². The van der Waals surface area contributed by atoms with Crippen LogP contribution in [0.1, 0.15) is 30.5 Å². The fourth-order valence-electron chi connectivity index (χ4n) is 2.64. The molecule has 136 valence electrons. The van der Waals surface area contributed by atoms with Crippen LogP contribution in [0.25, 0.3) is 0 Å². The number of guanidine groups is 1. The summed E-state index contributed by atoms with van der Waals surface area (Å²) in [4.78, 5) is 10.0. The Kier molecular flexibility index (Phi) is 6.85. The number of halogens is 3. The topological polar surface area (TPSA) is 49.8 Å². The van der Waals surface area contributed by atoms with E-state index in [2.05, 4.69) is 20.2 Å². The Morgan fingerprint density at radius 2 is 2.17 bits per heavy atom. The van der Waals surface area contributed by atoms with Crippen molar-refractivity contribution in [3.8, 4) is 0 Å². The van der Waals surface area contributed by atoms with Crippen LogP contribution in [-0.4, -0.2) is 55.2 Å². The fourth-order valence-corrected chi connectivity index (χ4v) is 3.44. The summed E-state index contributed by atoms with van der Waals surface area (Å²) in [5.41, 5.74) is -0.815. The van der Waals surface area contributed by atoms with Gasteiger partial charge in [0.05, 0.1) is 11.1 Å². The number of aliphatic imine (C=N–C) groups is 1.